The molecule has 1 atom stereocenters. The molecular formula is C20H27NO3. The van der Waals surface area contributed by atoms with E-state index in [9.17, 15) is 9.90 Å². The molecule has 4 aliphatic rings. The summed E-state index contributed by atoms with van der Waals surface area (Å²) in [7, 11) is 0. The molecule has 4 fully saturated rings. The van der Waals surface area contributed by atoms with Crippen molar-refractivity contribution in [1.29, 1.82) is 0 Å². The quantitative estimate of drug-likeness (QED) is 0.869. The van der Waals surface area contributed by atoms with Gasteiger partial charge in [-0.3, -0.25) is 0 Å². The monoisotopic (exact) mass is 329 g/mol. The second-order valence-electron chi connectivity index (χ2n) is 8.24. The van der Waals surface area contributed by atoms with Crippen molar-refractivity contribution < 1.29 is 14.6 Å². The molecule has 1 unspecified atom stereocenters. The van der Waals surface area contributed by atoms with E-state index in [1.54, 1.807) is 0 Å². The first kappa shape index (κ1) is 15.9. The Morgan fingerprint density at radius 1 is 1.12 bits per heavy atom. The average molecular weight is 329 g/mol. The molecule has 4 aliphatic carbocycles. The van der Waals surface area contributed by atoms with Gasteiger partial charge in [-0.2, -0.15) is 0 Å². The summed E-state index contributed by atoms with van der Waals surface area (Å²) < 4.78 is 5.24. The van der Waals surface area contributed by atoms with Crippen molar-refractivity contribution in [3.63, 3.8) is 0 Å². The zero-order valence-electron chi connectivity index (χ0n) is 14.1. The van der Waals surface area contributed by atoms with Gasteiger partial charge in [0.1, 0.15) is 6.61 Å². The van der Waals surface area contributed by atoms with Gasteiger partial charge in [-0.15, -0.1) is 0 Å². The Kier molecular flexibility index (Phi) is 4.25. The highest BCUT2D eigenvalue weighted by Crippen LogP contribution is 2.61. The van der Waals surface area contributed by atoms with Crippen molar-refractivity contribution in [3.8, 4) is 0 Å². The van der Waals surface area contributed by atoms with Crippen LogP contribution in [0.1, 0.15) is 44.1 Å². The van der Waals surface area contributed by atoms with E-state index in [1.165, 1.54) is 19.3 Å². The van der Waals surface area contributed by atoms with Crippen molar-refractivity contribution in [2.24, 2.45) is 23.2 Å². The third kappa shape index (κ3) is 3.16. The lowest BCUT2D eigenvalue weighted by Crippen LogP contribution is -2.54. The summed E-state index contributed by atoms with van der Waals surface area (Å²) in [5.74, 6) is 2.41. The number of carbonyl (C=O) groups excluding carboxylic acids is 1. The highest BCUT2D eigenvalue weighted by Gasteiger charge is 2.53. The van der Waals surface area contributed by atoms with Gasteiger partial charge in [-0.05, 0) is 67.3 Å². The minimum Gasteiger partial charge on any atom is -0.445 e. The Morgan fingerprint density at radius 2 is 1.71 bits per heavy atom. The molecule has 130 valence electrons. The molecule has 0 aliphatic heterocycles. The Morgan fingerprint density at radius 3 is 2.29 bits per heavy atom. The molecule has 1 aromatic rings. The molecule has 0 radical (unpaired) electrons. The molecule has 0 aromatic heterocycles. The Hall–Kier alpha value is -1.55. The maximum Gasteiger partial charge on any atom is 0.407 e. The lowest BCUT2D eigenvalue weighted by atomic mass is 9.48. The van der Waals surface area contributed by atoms with E-state index >= 15 is 0 Å². The van der Waals surface area contributed by atoms with Crippen LogP contribution in [-0.4, -0.2) is 23.8 Å². The first-order valence-corrected chi connectivity index (χ1v) is 9.25. The van der Waals surface area contributed by atoms with E-state index in [-0.39, 0.29) is 12.0 Å². The van der Waals surface area contributed by atoms with Crippen LogP contribution in [0.4, 0.5) is 4.79 Å². The van der Waals surface area contributed by atoms with Gasteiger partial charge in [-0.25, -0.2) is 4.79 Å². The van der Waals surface area contributed by atoms with Crippen LogP contribution in [-0.2, 0) is 11.3 Å². The van der Waals surface area contributed by atoms with Crippen LogP contribution in [0.2, 0.25) is 0 Å². The van der Waals surface area contributed by atoms with Crippen molar-refractivity contribution in [3.05, 3.63) is 35.9 Å². The topological polar surface area (TPSA) is 58.6 Å². The van der Waals surface area contributed by atoms with Gasteiger partial charge in [0.15, 0.2) is 0 Å². The van der Waals surface area contributed by atoms with E-state index < -0.39 is 12.2 Å². The number of nitrogens with one attached hydrogen (secondary N) is 1. The van der Waals surface area contributed by atoms with E-state index in [0.717, 1.165) is 42.6 Å². The molecule has 24 heavy (non-hydrogen) atoms. The smallest absolute Gasteiger partial charge is 0.407 e. The van der Waals surface area contributed by atoms with Gasteiger partial charge in [0.2, 0.25) is 0 Å². The summed E-state index contributed by atoms with van der Waals surface area (Å²) in [6.07, 6.45) is 6.61. The minimum atomic E-state index is -0.449. The fourth-order valence-electron chi connectivity index (χ4n) is 5.76. The lowest BCUT2D eigenvalue weighted by Gasteiger charge is -2.58. The van der Waals surface area contributed by atoms with Crippen LogP contribution in [0.25, 0.3) is 0 Å². The predicted molar refractivity (Wildman–Crippen MR) is 91.2 cm³/mol. The number of hydrogen-bond acceptors (Lipinski definition) is 3. The van der Waals surface area contributed by atoms with Crippen molar-refractivity contribution in [2.45, 2.75) is 51.2 Å². The second-order valence-corrected chi connectivity index (χ2v) is 8.24. The van der Waals surface area contributed by atoms with Gasteiger partial charge < -0.3 is 15.2 Å². The fourth-order valence-corrected chi connectivity index (χ4v) is 5.76. The van der Waals surface area contributed by atoms with Crippen LogP contribution in [0.3, 0.4) is 0 Å². The standard InChI is InChI=1S/C20H27NO3/c22-18(12-21-19(23)24-13-14-4-2-1-3-5-14)20-9-15-6-16(10-20)8-17(7-15)11-20/h1-5,15-18,22H,6-13H2,(H,21,23). The van der Waals surface area contributed by atoms with Gasteiger partial charge >= 0.3 is 6.09 Å². The minimum absolute atomic E-state index is 0.0431. The van der Waals surface area contributed by atoms with Crippen LogP contribution in [0.5, 0.6) is 0 Å². The fraction of sp³-hybridized carbons (Fsp3) is 0.650. The molecule has 0 saturated heterocycles. The summed E-state index contributed by atoms with van der Waals surface area (Å²) in [5, 5.41) is 13.5. The first-order valence-electron chi connectivity index (χ1n) is 9.25. The summed E-state index contributed by atoms with van der Waals surface area (Å²) >= 11 is 0. The molecular weight excluding hydrogens is 302 g/mol. The van der Waals surface area contributed by atoms with Gasteiger partial charge in [-0.1, -0.05) is 30.3 Å². The molecule has 5 rings (SSSR count). The average Bonchev–Trinajstić information content (AvgIpc) is 2.57. The number of rotatable bonds is 5. The molecule has 0 heterocycles. The third-order valence-corrected chi connectivity index (χ3v) is 6.44. The van der Waals surface area contributed by atoms with Crippen molar-refractivity contribution >= 4 is 6.09 Å². The van der Waals surface area contributed by atoms with Crippen LogP contribution < -0.4 is 5.32 Å². The number of hydrogen-bond donors (Lipinski definition) is 2. The Labute approximate surface area is 143 Å². The zero-order valence-corrected chi connectivity index (χ0v) is 14.1. The summed E-state index contributed by atoms with van der Waals surface area (Å²) in [4.78, 5) is 11.9. The second kappa shape index (κ2) is 6.40. The Balaban J connectivity index is 1.27. The molecule has 4 nitrogen and oxygen atoms in total. The van der Waals surface area contributed by atoms with Gasteiger partial charge in [0, 0.05) is 6.54 Å². The lowest BCUT2D eigenvalue weighted by molar-refractivity contribution is -0.118. The highest BCUT2D eigenvalue weighted by molar-refractivity contribution is 5.67. The number of ether oxygens (including phenoxy) is 1. The first-order chi connectivity index (χ1) is 11.6. The number of carbonyl (C=O) groups is 1. The zero-order chi connectivity index (χ0) is 16.6. The highest BCUT2D eigenvalue weighted by atomic mass is 16.5. The molecule has 4 heteroatoms. The van der Waals surface area contributed by atoms with Crippen molar-refractivity contribution in [2.75, 3.05) is 6.54 Å². The van der Waals surface area contributed by atoms with E-state index in [4.69, 9.17) is 4.74 Å². The summed E-state index contributed by atoms with van der Waals surface area (Å²) in [6, 6.07) is 9.64. The van der Waals surface area contributed by atoms with Crippen LogP contribution in [0.15, 0.2) is 30.3 Å². The number of alkyl carbamates (subject to hydrolysis) is 1. The molecule has 0 spiro atoms. The number of amides is 1. The van der Waals surface area contributed by atoms with Gasteiger partial charge in [0.25, 0.3) is 0 Å². The van der Waals surface area contributed by atoms with Crippen molar-refractivity contribution in [1.82, 2.24) is 5.32 Å². The third-order valence-electron chi connectivity index (χ3n) is 6.44. The predicted octanol–water partition coefficient (Wildman–Crippen LogP) is 3.49. The normalized spacial score (nSPS) is 34.8. The summed E-state index contributed by atoms with van der Waals surface area (Å²) in [5.41, 5.74) is 1.01. The number of benzene rings is 1. The van der Waals surface area contributed by atoms with E-state index in [0.29, 0.717) is 6.54 Å². The van der Waals surface area contributed by atoms with E-state index in [2.05, 4.69) is 5.32 Å². The molecule has 4 bridgehead atoms. The largest absolute Gasteiger partial charge is 0.445 e. The van der Waals surface area contributed by atoms with Crippen LogP contribution >= 0.6 is 0 Å². The van der Waals surface area contributed by atoms with Gasteiger partial charge in [0.05, 0.1) is 6.10 Å². The van der Waals surface area contributed by atoms with E-state index in [1.807, 2.05) is 30.3 Å². The number of aliphatic hydroxyl groups is 1. The number of aliphatic hydroxyl groups excluding tert-OH is 1. The van der Waals surface area contributed by atoms with Crippen LogP contribution in [0, 0.1) is 23.2 Å². The maximum absolute atomic E-state index is 11.9. The molecule has 2 N–H and O–H groups in total. The molecule has 4 saturated carbocycles. The SMILES string of the molecule is O=C(NCC(O)C12CC3CC(CC(C3)C1)C2)OCc1ccccc1. The maximum atomic E-state index is 11.9. The molecule has 1 aromatic carbocycles. The molecule has 1 amide bonds. The summed E-state index contributed by atoms with van der Waals surface area (Å²) in [6.45, 7) is 0.569. The Bertz CT molecular complexity index is 551.